The molecular formula is C38H24N4. The Kier molecular flexibility index (Phi) is 5.75. The minimum absolute atomic E-state index is 0.633. The first-order valence-electron chi connectivity index (χ1n) is 14.0. The van der Waals surface area contributed by atoms with E-state index in [0.29, 0.717) is 17.5 Å². The molecule has 2 aromatic heterocycles. The number of benzene rings is 6. The number of fused-ring (bicyclic) bond motifs is 3. The molecule has 0 saturated carbocycles. The molecule has 0 spiro atoms. The van der Waals surface area contributed by atoms with E-state index >= 15 is 0 Å². The molecule has 0 N–H and O–H groups in total. The molecule has 0 aliphatic heterocycles. The van der Waals surface area contributed by atoms with E-state index in [0.717, 1.165) is 54.9 Å². The van der Waals surface area contributed by atoms with Crippen LogP contribution in [0.4, 0.5) is 0 Å². The first-order chi connectivity index (χ1) is 20.8. The summed E-state index contributed by atoms with van der Waals surface area (Å²) >= 11 is 0. The number of aromatic nitrogens is 4. The van der Waals surface area contributed by atoms with Gasteiger partial charge in [-0.1, -0.05) is 133 Å². The van der Waals surface area contributed by atoms with Gasteiger partial charge in [-0.25, -0.2) is 15.0 Å². The van der Waals surface area contributed by atoms with Crippen molar-refractivity contribution < 1.29 is 0 Å². The second-order valence-corrected chi connectivity index (χ2v) is 10.4. The van der Waals surface area contributed by atoms with Crippen LogP contribution in [0.5, 0.6) is 0 Å². The van der Waals surface area contributed by atoms with Gasteiger partial charge in [-0.05, 0) is 33.0 Å². The zero-order valence-electron chi connectivity index (χ0n) is 22.6. The van der Waals surface area contributed by atoms with Crippen LogP contribution in [-0.2, 0) is 0 Å². The molecule has 8 rings (SSSR count). The standard InChI is InChI=1S/C38H24N4/c1-2-12-30-24-39-35(23-29(30)11-1)27-19-21-28(22-20-27)36-40-37(33-17-7-13-25-9-3-5-15-31(25)33)42-38(41-36)34-18-8-14-26-10-4-6-16-32(26)34/h1-24H. The number of pyridine rings is 1. The molecule has 196 valence electrons. The molecule has 0 bridgehead atoms. The zero-order valence-corrected chi connectivity index (χ0v) is 22.6. The maximum absolute atomic E-state index is 5.06. The first kappa shape index (κ1) is 24.1. The lowest BCUT2D eigenvalue weighted by molar-refractivity contribution is 1.08. The summed E-state index contributed by atoms with van der Waals surface area (Å²) in [4.78, 5) is 19.8. The average molecular weight is 537 g/mol. The first-order valence-corrected chi connectivity index (χ1v) is 14.0. The van der Waals surface area contributed by atoms with Crippen molar-refractivity contribution in [3.05, 3.63) is 146 Å². The van der Waals surface area contributed by atoms with Crippen LogP contribution < -0.4 is 0 Å². The fraction of sp³-hybridized carbons (Fsp3) is 0. The molecular weight excluding hydrogens is 512 g/mol. The predicted octanol–water partition coefficient (Wildman–Crippen LogP) is 9.39. The van der Waals surface area contributed by atoms with Crippen LogP contribution in [0.3, 0.4) is 0 Å². The van der Waals surface area contributed by atoms with E-state index in [9.17, 15) is 0 Å². The maximum Gasteiger partial charge on any atom is 0.164 e. The van der Waals surface area contributed by atoms with Gasteiger partial charge in [-0.3, -0.25) is 4.98 Å². The normalized spacial score (nSPS) is 11.3. The maximum atomic E-state index is 5.06. The summed E-state index contributed by atoms with van der Waals surface area (Å²) < 4.78 is 0. The van der Waals surface area contributed by atoms with E-state index < -0.39 is 0 Å². The van der Waals surface area contributed by atoms with Crippen molar-refractivity contribution >= 4 is 32.3 Å². The van der Waals surface area contributed by atoms with Crippen LogP contribution in [0.2, 0.25) is 0 Å². The minimum atomic E-state index is 0.633. The Morgan fingerprint density at radius 1 is 0.357 bits per heavy atom. The predicted molar refractivity (Wildman–Crippen MR) is 172 cm³/mol. The molecule has 42 heavy (non-hydrogen) atoms. The number of hydrogen-bond donors (Lipinski definition) is 0. The van der Waals surface area contributed by atoms with E-state index in [4.69, 9.17) is 19.9 Å². The molecule has 4 nitrogen and oxygen atoms in total. The molecule has 0 fully saturated rings. The second kappa shape index (κ2) is 10.0. The summed E-state index contributed by atoms with van der Waals surface area (Å²) in [5.41, 5.74) is 4.86. The van der Waals surface area contributed by atoms with Gasteiger partial charge < -0.3 is 0 Å². The van der Waals surface area contributed by atoms with E-state index in [-0.39, 0.29) is 0 Å². The van der Waals surface area contributed by atoms with Crippen molar-refractivity contribution in [2.45, 2.75) is 0 Å². The average Bonchev–Trinajstić information content (AvgIpc) is 3.07. The Balaban J connectivity index is 1.29. The van der Waals surface area contributed by atoms with Gasteiger partial charge in [0.05, 0.1) is 5.69 Å². The summed E-state index contributed by atoms with van der Waals surface area (Å²) in [7, 11) is 0. The molecule has 0 saturated heterocycles. The third-order valence-corrected chi connectivity index (χ3v) is 7.77. The Bertz CT molecular complexity index is 2150. The Labute approximate surface area is 243 Å². The molecule has 4 heteroatoms. The van der Waals surface area contributed by atoms with Gasteiger partial charge in [0, 0.05) is 33.8 Å². The van der Waals surface area contributed by atoms with Gasteiger partial charge in [0.1, 0.15) is 0 Å². The molecule has 8 aromatic rings. The summed E-state index contributed by atoms with van der Waals surface area (Å²) in [5.74, 6) is 1.94. The van der Waals surface area contributed by atoms with Crippen LogP contribution in [0.1, 0.15) is 0 Å². The van der Waals surface area contributed by atoms with Crippen LogP contribution in [0, 0.1) is 0 Å². The van der Waals surface area contributed by atoms with Gasteiger partial charge in [-0.2, -0.15) is 0 Å². The van der Waals surface area contributed by atoms with Crippen LogP contribution in [0.15, 0.2) is 146 Å². The number of rotatable bonds is 4. The third kappa shape index (κ3) is 4.27. The Hall–Kier alpha value is -5.74. The number of hydrogen-bond acceptors (Lipinski definition) is 4. The summed E-state index contributed by atoms with van der Waals surface area (Å²) in [5, 5.41) is 6.82. The highest BCUT2D eigenvalue weighted by atomic mass is 15.0. The van der Waals surface area contributed by atoms with Crippen LogP contribution in [-0.4, -0.2) is 19.9 Å². The molecule has 0 amide bonds. The van der Waals surface area contributed by atoms with Gasteiger partial charge in [0.2, 0.25) is 0 Å². The summed E-state index contributed by atoms with van der Waals surface area (Å²) in [6, 6.07) is 48.0. The highest BCUT2D eigenvalue weighted by Crippen LogP contribution is 2.33. The Morgan fingerprint density at radius 3 is 1.45 bits per heavy atom. The van der Waals surface area contributed by atoms with Gasteiger partial charge in [0.15, 0.2) is 17.5 Å². The quantitative estimate of drug-likeness (QED) is 0.225. The van der Waals surface area contributed by atoms with Crippen LogP contribution in [0.25, 0.3) is 77.7 Å². The summed E-state index contributed by atoms with van der Waals surface area (Å²) in [6.07, 6.45) is 1.93. The summed E-state index contributed by atoms with van der Waals surface area (Å²) in [6.45, 7) is 0. The fourth-order valence-electron chi connectivity index (χ4n) is 5.62. The second-order valence-electron chi connectivity index (χ2n) is 10.4. The third-order valence-electron chi connectivity index (χ3n) is 7.77. The molecule has 0 aliphatic carbocycles. The van der Waals surface area contributed by atoms with Crippen molar-refractivity contribution in [2.75, 3.05) is 0 Å². The van der Waals surface area contributed by atoms with Crippen molar-refractivity contribution in [3.63, 3.8) is 0 Å². The molecule has 0 unspecified atom stereocenters. The molecule has 0 aliphatic rings. The van der Waals surface area contributed by atoms with Gasteiger partial charge in [-0.15, -0.1) is 0 Å². The van der Waals surface area contributed by atoms with Crippen molar-refractivity contribution in [3.8, 4) is 45.4 Å². The molecule has 6 aromatic carbocycles. The highest BCUT2D eigenvalue weighted by Gasteiger charge is 2.16. The van der Waals surface area contributed by atoms with Crippen molar-refractivity contribution in [2.24, 2.45) is 0 Å². The van der Waals surface area contributed by atoms with E-state index in [1.54, 1.807) is 0 Å². The highest BCUT2D eigenvalue weighted by molar-refractivity contribution is 5.97. The van der Waals surface area contributed by atoms with E-state index in [2.05, 4.69) is 133 Å². The van der Waals surface area contributed by atoms with Crippen molar-refractivity contribution in [1.29, 1.82) is 0 Å². The van der Waals surface area contributed by atoms with E-state index in [1.807, 2.05) is 12.3 Å². The topological polar surface area (TPSA) is 51.6 Å². The SMILES string of the molecule is c1ccc2cc(-c3ccc(-c4nc(-c5cccc6ccccc56)nc(-c5cccc6ccccc56)n4)cc3)ncc2c1. The van der Waals surface area contributed by atoms with Gasteiger partial charge >= 0.3 is 0 Å². The zero-order chi connectivity index (χ0) is 27.9. The lowest BCUT2D eigenvalue weighted by Gasteiger charge is -2.12. The molecule has 0 atom stereocenters. The smallest absolute Gasteiger partial charge is 0.164 e. The largest absolute Gasteiger partial charge is 0.256 e. The fourth-order valence-corrected chi connectivity index (χ4v) is 5.62. The molecule has 0 radical (unpaired) electrons. The van der Waals surface area contributed by atoms with E-state index in [1.165, 1.54) is 5.39 Å². The van der Waals surface area contributed by atoms with Crippen LogP contribution >= 0.6 is 0 Å². The lowest BCUT2D eigenvalue weighted by atomic mass is 10.0. The lowest BCUT2D eigenvalue weighted by Crippen LogP contribution is -2.01. The van der Waals surface area contributed by atoms with Gasteiger partial charge in [0.25, 0.3) is 0 Å². The van der Waals surface area contributed by atoms with Crippen molar-refractivity contribution in [1.82, 2.24) is 19.9 Å². The monoisotopic (exact) mass is 536 g/mol. The number of nitrogens with zero attached hydrogens (tertiary/aromatic N) is 4. The molecule has 2 heterocycles. The minimum Gasteiger partial charge on any atom is -0.256 e. The Morgan fingerprint density at radius 2 is 0.833 bits per heavy atom.